The predicted molar refractivity (Wildman–Crippen MR) is 82.8 cm³/mol. The minimum atomic E-state index is 0.315. The SMILES string of the molecule is CCNC(Cc1cccnc1)C(OC)C1CCCCC1. The standard InChI is InChI=1S/C17H28N2O/c1-3-19-16(12-14-8-7-11-18-13-14)17(20-2)15-9-5-4-6-10-15/h7-8,11,13,15-17,19H,3-6,9-10,12H2,1-2H3. The van der Waals surface area contributed by atoms with Crippen molar-refractivity contribution in [2.75, 3.05) is 13.7 Å². The fraction of sp³-hybridized carbons (Fsp3) is 0.706. The van der Waals surface area contributed by atoms with Gasteiger partial charge in [-0.25, -0.2) is 0 Å². The second-order valence-corrected chi connectivity index (χ2v) is 5.83. The summed E-state index contributed by atoms with van der Waals surface area (Å²) in [6.45, 7) is 3.15. The highest BCUT2D eigenvalue weighted by molar-refractivity contribution is 5.11. The van der Waals surface area contributed by atoms with Crippen LogP contribution in [0.1, 0.15) is 44.6 Å². The Labute approximate surface area is 123 Å². The van der Waals surface area contributed by atoms with E-state index in [9.17, 15) is 0 Å². The van der Waals surface area contributed by atoms with Crippen LogP contribution in [-0.4, -0.2) is 30.8 Å². The second-order valence-electron chi connectivity index (χ2n) is 5.83. The fourth-order valence-electron chi connectivity index (χ4n) is 3.49. The van der Waals surface area contributed by atoms with E-state index in [-0.39, 0.29) is 0 Å². The highest BCUT2D eigenvalue weighted by Gasteiger charge is 2.30. The molecule has 0 aliphatic heterocycles. The first kappa shape index (κ1) is 15.5. The first-order valence-corrected chi connectivity index (χ1v) is 8.00. The van der Waals surface area contributed by atoms with Gasteiger partial charge in [0.2, 0.25) is 0 Å². The zero-order chi connectivity index (χ0) is 14.2. The van der Waals surface area contributed by atoms with Crippen LogP contribution >= 0.6 is 0 Å². The average molecular weight is 276 g/mol. The van der Waals surface area contributed by atoms with E-state index in [1.807, 2.05) is 25.6 Å². The van der Waals surface area contributed by atoms with Crippen molar-refractivity contribution in [2.24, 2.45) is 5.92 Å². The third-order valence-corrected chi connectivity index (χ3v) is 4.43. The van der Waals surface area contributed by atoms with Crippen molar-refractivity contribution in [1.82, 2.24) is 10.3 Å². The van der Waals surface area contributed by atoms with E-state index in [0.29, 0.717) is 18.1 Å². The number of nitrogens with zero attached hydrogens (tertiary/aromatic N) is 1. The molecule has 1 N–H and O–H groups in total. The Hall–Kier alpha value is -0.930. The normalized spacial score (nSPS) is 19.7. The molecule has 1 saturated carbocycles. The van der Waals surface area contributed by atoms with Crippen LogP contribution in [0.25, 0.3) is 0 Å². The van der Waals surface area contributed by atoms with E-state index in [0.717, 1.165) is 13.0 Å². The molecule has 0 bridgehead atoms. The van der Waals surface area contributed by atoms with Gasteiger partial charge in [-0.05, 0) is 43.4 Å². The van der Waals surface area contributed by atoms with Gasteiger partial charge < -0.3 is 10.1 Å². The number of methoxy groups -OCH3 is 1. The maximum absolute atomic E-state index is 5.89. The maximum Gasteiger partial charge on any atom is 0.0755 e. The van der Waals surface area contributed by atoms with E-state index < -0.39 is 0 Å². The van der Waals surface area contributed by atoms with Crippen molar-refractivity contribution in [3.8, 4) is 0 Å². The first-order chi connectivity index (χ1) is 9.85. The summed E-state index contributed by atoms with van der Waals surface area (Å²) < 4.78 is 5.89. The summed E-state index contributed by atoms with van der Waals surface area (Å²) in [5.41, 5.74) is 1.29. The number of pyridine rings is 1. The molecule has 3 heteroatoms. The van der Waals surface area contributed by atoms with Gasteiger partial charge in [-0.15, -0.1) is 0 Å². The van der Waals surface area contributed by atoms with Crippen LogP contribution in [0, 0.1) is 5.92 Å². The molecular formula is C17H28N2O. The van der Waals surface area contributed by atoms with E-state index in [2.05, 4.69) is 23.3 Å². The molecule has 20 heavy (non-hydrogen) atoms. The summed E-state index contributed by atoms with van der Waals surface area (Å²) in [7, 11) is 1.87. The minimum Gasteiger partial charge on any atom is -0.380 e. The summed E-state index contributed by atoms with van der Waals surface area (Å²) >= 11 is 0. The Morgan fingerprint density at radius 2 is 2.15 bits per heavy atom. The maximum atomic E-state index is 5.89. The number of ether oxygens (including phenoxy) is 1. The number of hydrogen-bond donors (Lipinski definition) is 1. The number of nitrogens with one attached hydrogen (secondary N) is 1. The Morgan fingerprint density at radius 1 is 1.35 bits per heavy atom. The van der Waals surface area contributed by atoms with Crippen LogP contribution < -0.4 is 5.32 Å². The quantitative estimate of drug-likeness (QED) is 0.830. The number of hydrogen-bond acceptors (Lipinski definition) is 3. The van der Waals surface area contributed by atoms with E-state index >= 15 is 0 Å². The largest absolute Gasteiger partial charge is 0.380 e. The van der Waals surface area contributed by atoms with Gasteiger partial charge in [0.25, 0.3) is 0 Å². The van der Waals surface area contributed by atoms with Gasteiger partial charge in [0.1, 0.15) is 0 Å². The third kappa shape index (κ3) is 4.29. The Kier molecular flexibility index (Phi) is 6.48. The summed E-state index contributed by atoms with van der Waals surface area (Å²) in [5, 5.41) is 3.63. The first-order valence-electron chi connectivity index (χ1n) is 8.00. The molecule has 2 unspecified atom stereocenters. The topological polar surface area (TPSA) is 34.2 Å². The molecule has 2 atom stereocenters. The van der Waals surface area contributed by atoms with Crippen LogP contribution in [0.2, 0.25) is 0 Å². The van der Waals surface area contributed by atoms with Gasteiger partial charge in [-0.1, -0.05) is 32.3 Å². The van der Waals surface area contributed by atoms with Gasteiger partial charge in [0, 0.05) is 25.5 Å². The predicted octanol–water partition coefficient (Wildman–Crippen LogP) is 3.20. The highest BCUT2D eigenvalue weighted by Crippen LogP contribution is 2.30. The number of rotatable bonds is 7. The molecule has 1 heterocycles. The van der Waals surface area contributed by atoms with Gasteiger partial charge in [0.05, 0.1) is 6.10 Å². The van der Waals surface area contributed by atoms with Gasteiger partial charge in [-0.2, -0.15) is 0 Å². The molecule has 1 aromatic rings. The second kappa shape index (κ2) is 8.38. The molecule has 3 nitrogen and oxygen atoms in total. The van der Waals surface area contributed by atoms with Crippen molar-refractivity contribution in [2.45, 2.75) is 57.6 Å². The summed E-state index contributed by atoms with van der Waals surface area (Å²) in [5.74, 6) is 0.703. The van der Waals surface area contributed by atoms with Crippen LogP contribution in [0.3, 0.4) is 0 Å². The third-order valence-electron chi connectivity index (χ3n) is 4.43. The molecule has 1 aromatic heterocycles. The molecule has 0 aromatic carbocycles. The molecule has 0 saturated heterocycles. The number of likely N-dealkylation sites (N-methyl/N-ethyl adjacent to an activating group) is 1. The molecule has 1 fully saturated rings. The van der Waals surface area contributed by atoms with Crippen molar-refractivity contribution >= 4 is 0 Å². The van der Waals surface area contributed by atoms with E-state index in [1.54, 1.807) is 0 Å². The molecule has 0 spiro atoms. The molecule has 0 amide bonds. The van der Waals surface area contributed by atoms with Crippen molar-refractivity contribution in [3.05, 3.63) is 30.1 Å². The lowest BCUT2D eigenvalue weighted by Gasteiger charge is -2.35. The highest BCUT2D eigenvalue weighted by atomic mass is 16.5. The Balaban J connectivity index is 2.04. The lowest BCUT2D eigenvalue weighted by atomic mass is 9.81. The lowest BCUT2D eigenvalue weighted by molar-refractivity contribution is 0.00867. The average Bonchev–Trinajstić information content (AvgIpc) is 2.50. The summed E-state index contributed by atoms with van der Waals surface area (Å²) in [6, 6.07) is 4.56. The Morgan fingerprint density at radius 3 is 2.75 bits per heavy atom. The molecule has 112 valence electrons. The minimum absolute atomic E-state index is 0.315. The van der Waals surface area contributed by atoms with Crippen LogP contribution in [0.5, 0.6) is 0 Å². The fourth-order valence-corrected chi connectivity index (χ4v) is 3.49. The molecule has 1 aliphatic carbocycles. The van der Waals surface area contributed by atoms with Crippen LogP contribution in [-0.2, 0) is 11.2 Å². The van der Waals surface area contributed by atoms with Crippen molar-refractivity contribution < 1.29 is 4.74 Å². The molecule has 2 rings (SSSR count). The smallest absolute Gasteiger partial charge is 0.0755 e. The van der Waals surface area contributed by atoms with Crippen LogP contribution in [0.15, 0.2) is 24.5 Å². The summed E-state index contributed by atoms with van der Waals surface area (Å²) in [4.78, 5) is 4.23. The van der Waals surface area contributed by atoms with Gasteiger partial charge in [0.15, 0.2) is 0 Å². The Bertz CT molecular complexity index is 363. The van der Waals surface area contributed by atoms with Crippen LogP contribution in [0.4, 0.5) is 0 Å². The zero-order valence-corrected chi connectivity index (χ0v) is 12.8. The molecular weight excluding hydrogens is 248 g/mol. The number of aromatic nitrogens is 1. The van der Waals surface area contributed by atoms with Crippen molar-refractivity contribution in [1.29, 1.82) is 0 Å². The van der Waals surface area contributed by atoms with E-state index in [4.69, 9.17) is 4.74 Å². The monoisotopic (exact) mass is 276 g/mol. The van der Waals surface area contributed by atoms with Crippen molar-refractivity contribution in [3.63, 3.8) is 0 Å². The zero-order valence-electron chi connectivity index (χ0n) is 12.8. The van der Waals surface area contributed by atoms with Gasteiger partial charge in [-0.3, -0.25) is 4.98 Å². The molecule has 0 radical (unpaired) electrons. The van der Waals surface area contributed by atoms with Gasteiger partial charge >= 0.3 is 0 Å². The van der Waals surface area contributed by atoms with E-state index in [1.165, 1.54) is 37.7 Å². The summed E-state index contributed by atoms with van der Waals surface area (Å²) in [6.07, 6.45) is 11.8. The molecule has 1 aliphatic rings. The lowest BCUT2D eigenvalue weighted by Crippen LogP contribution is -2.47.